The topological polar surface area (TPSA) is 99.1 Å². The molecule has 0 unspecified atom stereocenters. The molecule has 1 amide bonds. The predicted octanol–water partition coefficient (Wildman–Crippen LogP) is 0.642. The van der Waals surface area contributed by atoms with Crippen LogP contribution in [0.2, 0.25) is 0 Å². The van der Waals surface area contributed by atoms with Crippen LogP contribution in [-0.2, 0) is 3.83 Å². The van der Waals surface area contributed by atoms with Gasteiger partial charge >= 0.3 is 36.0 Å². The van der Waals surface area contributed by atoms with Gasteiger partial charge in [-0.3, -0.25) is 4.79 Å². The number of halogens is 2. The number of hydrogen-bond donors (Lipinski definition) is 2. The van der Waals surface area contributed by atoms with Crippen LogP contribution in [0.1, 0.15) is 10.4 Å². The molecule has 0 aliphatic rings. The van der Waals surface area contributed by atoms with E-state index >= 15 is 0 Å². The van der Waals surface area contributed by atoms with E-state index in [0.29, 0.717) is 11.4 Å². The Balaban J connectivity index is 0.000000364. The van der Waals surface area contributed by atoms with Crippen molar-refractivity contribution in [1.29, 1.82) is 0 Å². The van der Waals surface area contributed by atoms with Crippen molar-refractivity contribution in [3.05, 3.63) is 23.9 Å². The second kappa shape index (κ2) is 6.73. The van der Waals surface area contributed by atoms with E-state index in [9.17, 15) is 8.63 Å². The number of nitrogens with zero attached hydrogens (tertiary/aromatic N) is 1. The van der Waals surface area contributed by atoms with Crippen molar-refractivity contribution in [3.8, 4) is 0 Å². The van der Waals surface area contributed by atoms with E-state index in [2.05, 4.69) is 25.2 Å². The fourth-order valence-corrected chi connectivity index (χ4v) is 0.551. The molecule has 0 aliphatic carbocycles. The van der Waals surface area contributed by atoms with Gasteiger partial charge in [-0.1, -0.05) is 0 Å². The number of carbonyl (C=O) groups is 1. The molecule has 8 heteroatoms. The van der Waals surface area contributed by atoms with Gasteiger partial charge in [0.05, 0.1) is 5.56 Å². The van der Waals surface area contributed by atoms with Gasteiger partial charge in [0.15, 0.2) is 0 Å². The third-order valence-corrected chi connectivity index (χ3v) is 1.07. The zero-order valence-corrected chi connectivity index (χ0v) is 10.0. The molecular formula is C6H7Cl2N3O2Se. The van der Waals surface area contributed by atoms with Crippen LogP contribution in [0.4, 0.5) is 5.82 Å². The van der Waals surface area contributed by atoms with Crippen molar-refractivity contribution >= 4 is 43.9 Å². The molecule has 0 saturated heterocycles. The van der Waals surface area contributed by atoms with Crippen LogP contribution in [0, 0.1) is 0 Å². The van der Waals surface area contributed by atoms with Crippen LogP contribution in [0.25, 0.3) is 0 Å². The number of nitrogen functional groups attached to an aromatic ring is 1. The van der Waals surface area contributed by atoms with E-state index in [0.717, 1.165) is 0 Å². The van der Waals surface area contributed by atoms with E-state index < -0.39 is 17.9 Å². The monoisotopic (exact) mass is 303 g/mol. The van der Waals surface area contributed by atoms with Crippen molar-refractivity contribution in [2.24, 2.45) is 5.73 Å². The van der Waals surface area contributed by atoms with Gasteiger partial charge in [-0.2, -0.15) is 0 Å². The van der Waals surface area contributed by atoms with Crippen LogP contribution >= 0.6 is 20.2 Å². The average Bonchev–Trinajstić information content (AvgIpc) is 2.03. The number of amides is 1. The van der Waals surface area contributed by atoms with Crippen molar-refractivity contribution < 1.29 is 8.63 Å². The fraction of sp³-hybridized carbons (Fsp3) is 0. The van der Waals surface area contributed by atoms with Crippen molar-refractivity contribution in [2.75, 3.05) is 5.73 Å². The summed E-state index contributed by atoms with van der Waals surface area (Å²) in [5.41, 5.74) is 10.6. The average molecular weight is 303 g/mol. The molecule has 0 aromatic carbocycles. The summed E-state index contributed by atoms with van der Waals surface area (Å²) >= 11 is -2.35. The SMILES string of the molecule is NC(=O)c1ccc(N)nc1.O=[Se](Cl)Cl. The van der Waals surface area contributed by atoms with Gasteiger partial charge in [-0.25, -0.2) is 4.98 Å². The van der Waals surface area contributed by atoms with E-state index in [1.807, 2.05) is 0 Å². The summed E-state index contributed by atoms with van der Waals surface area (Å²) in [5, 5.41) is 0. The number of carbonyl (C=O) groups excluding carboxylic acids is 1. The molecule has 0 fully saturated rings. The molecule has 78 valence electrons. The third-order valence-electron chi connectivity index (χ3n) is 1.07. The van der Waals surface area contributed by atoms with Crippen LogP contribution in [0.3, 0.4) is 0 Å². The Morgan fingerprint density at radius 2 is 1.93 bits per heavy atom. The Morgan fingerprint density at radius 1 is 1.43 bits per heavy atom. The summed E-state index contributed by atoms with van der Waals surface area (Å²) < 4.78 is 9.18. The molecule has 0 saturated carbocycles. The number of rotatable bonds is 1. The Hall–Kier alpha value is -0.681. The molecule has 1 rings (SSSR count). The minimum absolute atomic E-state index is 0.370. The molecule has 0 radical (unpaired) electrons. The Kier molecular flexibility index (Phi) is 6.40. The molecule has 4 N–H and O–H groups in total. The molecular weight excluding hydrogens is 296 g/mol. The van der Waals surface area contributed by atoms with Gasteiger partial charge in [0.1, 0.15) is 5.82 Å². The van der Waals surface area contributed by atoms with Gasteiger partial charge in [-0.15, -0.1) is 0 Å². The summed E-state index contributed by atoms with van der Waals surface area (Å²) in [5.74, 6) is -0.113. The van der Waals surface area contributed by atoms with Crippen LogP contribution in [-0.4, -0.2) is 22.9 Å². The number of primary amides is 1. The van der Waals surface area contributed by atoms with Crippen molar-refractivity contribution in [1.82, 2.24) is 4.98 Å². The molecule has 1 heterocycles. The molecule has 0 aliphatic heterocycles. The van der Waals surface area contributed by atoms with Crippen LogP contribution < -0.4 is 11.5 Å². The molecule has 1 aromatic heterocycles. The second-order valence-electron chi connectivity index (χ2n) is 2.02. The van der Waals surface area contributed by atoms with E-state index in [1.165, 1.54) is 18.3 Å². The molecule has 14 heavy (non-hydrogen) atoms. The summed E-state index contributed by atoms with van der Waals surface area (Å²) in [7, 11) is 9.22. The normalized spacial score (nSPS) is 9.07. The molecule has 5 nitrogen and oxygen atoms in total. The first-order valence-corrected chi connectivity index (χ1v) is 8.39. The number of pyridine rings is 1. The van der Waals surface area contributed by atoms with Gasteiger partial charge in [-0.05, 0) is 12.1 Å². The van der Waals surface area contributed by atoms with E-state index in [1.54, 1.807) is 0 Å². The predicted molar refractivity (Wildman–Crippen MR) is 55.3 cm³/mol. The molecule has 0 atom stereocenters. The number of anilines is 1. The van der Waals surface area contributed by atoms with E-state index in [4.69, 9.17) is 11.5 Å². The standard InChI is InChI=1S/C6H7N3O.Cl2OSe/c7-5-2-1-4(3-9-5)6(8)10;1-4(2)3/h1-3H,(H2,7,9)(H2,8,10);. The third kappa shape index (κ3) is 6.79. The van der Waals surface area contributed by atoms with Crippen molar-refractivity contribution in [3.63, 3.8) is 0 Å². The summed E-state index contributed by atoms with van der Waals surface area (Å²) in [6, 6.07) is 3.06. The number of nitrogens with two attached hydrogens (primary N) is 2. The Morgan fingerprint density at radius 3 is 2.21 bits per heavy atom. The summed E-state index contributed by atoms with van der Waals surface area (Å²) in [6.07, 6.45) is 1.34. The van der Waals surface area contributed by atoms with Gasteiger partial charge < -0.3 is 11.5 Å². The summed E-state index contributed by atoms with van der Waals surface area (Å²) in [4.78, 5) is 14.1. The number of hydrogen-bond acceptors (Lipinski definition) is 4. The maximum absolute atomic E-state index is 10.5. The maximum atomic E-state index is 10.5. The van der Waals surface area contributed by atoms with Gasteiger partial charge in [0.25, 0.3) is 0 Å². The zero-order chi connectivity index (χ0) is 11.1. The zero-order valence-electron chi connectivity index (χ0n) is 6.81. The minimum atomic E-state index is -2.35. The second-order valence-corrected chi connectivity index (χ2v) is 6.53. The number of aromatic nitrogens is 1. The van der Waals surface area contributed by atoms with Crippen LogP contribution in [0.15, 0.2) is 18.3 Å². The Labute approximate surface area is 92.9 Å². The first-order valence-electron chi connectivity index (χ1n) is 3.19. The van der Waals surface area contributed by atoms with Crippen molar-refractivity contribution in [2.45, 2.75) is 0 Å². The molecule has 1 aromatic rings. The molecule has 0 bridgehead atoms. The van der Waals surface area contributed by atoms with Gasteiger partial charge in [0.2, 0.25) is 5.91 Å². The summed E-state index contributed by atoms with van der Waals surface area (Å²) in [6.45, 7) is 0. The first-order chi connectivity index (χ1) is 6.43. The molecule has 0 spiro atoms. The first kappa shape index (κ1) is 13.3. The quantitative estimate of drug-likeness (QED) is 0.744. The Bertz CT molecular complexity index is 326. The van der Waals surface area contributed by atoms with Gasteiger partial charge in [0, 0.05) is 6.20 Å². The van der Waals surface area contributed by atoms with E-state index in [-0.39, 0.29) is 0 Å². The fourth-order valence-electron chi connectivity index (χ4n) is 0.551. The van der Waals surface area contributed by atoms with Crippen LogP contribution in [0.5, 0.6) is 0 Å².